The van der Waals surface area contributed by atoms with Gasteiger partial charge >= 0.3 is 0 Å². The molecule has 0 aliphatic rings. The average molecular weight is 377 g/mol. The quantitative estimate of drug-likeness (QED) is 0.682. The smallest absolute Gasteiger partial charge is 0.263 e. The summed E-state index contributed by atoms with van der Waals surface area (Å²) in [4.78, 5) is 4.56. The minimum absolute atomic E-state index is 0.233. The third kappa shape index (κ3) is 3.77. The zero-order valence-electron chi connectivity index (χ0n) is 14.3. The number of hydrogen-bond donors (Lipinski definition) is 1. The van der Waals surface area contributed by atoms with E-state index in [9.17, 15) is 8.42 Å². The van der Waals surface area contributed by atoms with Crippen molar-refractivity contribution in [2.45, 2.75) is 31.1 Å². The number of sulfonamides is 1. The maximum absolute atomic E-state index is 12.6. The number of benzene rings is 2. The Balaban J connectivity index is 1.85. The first-order valence-corrected chi connectivity index (χ1v) is 10.3. The second-order valence-electron chi connectivity index (χ2n) is 5.84. The van der Waals surface area contributed by atoms with E-state index in [1.807, 2.05) is 24.3 Å². The molecule has 3 rings (SSSR count). The van der Waals surface area contributed by atoms with Gasteiger partial charge in [-0.15, -0.1) is 0 Å². The molecule has 0 bridgehead atoms. The van der Waals surface area contributed by atoms with Crippen LogP contribution in [-0.4, -0.2) is 20.5 Å². The van der Waals surface area contributed by atoms with Gasteiger partial charge in [-0.3, -0.25) is 4.72 Å². The largest absolute Gasteiger partial charge is 0.497 e. The van der Waals surface area contributed by atoms with Crippen LogP contribution in [0.15, 0.2) is 47.4 Å². The molecule has 1 unspecified atom stereocenters. The number of anilines is 1. The molecule has 0 spiro atoms. The summed E-state index contributed by atoms with van der Waals surface area (Å²) in [6, 6.07) is 12.5. The van der Waals surface area contributed by atoms with Crippen molar-refractivity contribution in [3.63, 3.8) is 0 Å². The molecule has 7 heteroatoms. The SMILES string of the molecule is CCC(C)c1ccc(S(=O)(=O)Nc2nc3ccc(OC)cc3s2)cc1. The van der Waals surface area contributed by atoms with E-state index in [1.54, 1.807) is 25.3 Å². The van der Waals surface area contributed by atoms with Crippen LogP contribution in [0.2, 0.25) is 0 Å². The average Bonchev–Trinajstić information content (AvgIpc) is 3.01. The van der Waals surface area contributed by atoms with Gasteiger partial charge in [-0.1, -0.05) is 37.3 Å². The van der Waals surface area contributed by atoms with Crippen molar-refractivity contribution in [2.24, 2.45) is 0 Å². The van der Waals surface area contributed by atoms with Crippen molar-refractivity contribution in [2.75, 3.05) is 11.8 Å². The first-order chi connectivity index (χ1) is 11.9. The molecule has 0 aliphatic carbocycles. The fourth-order valence-electron chi connectivity index (χ4n) is 2.46. The summed E-state index contributed by atoms with van der Waals surface area (Å²) in [5.74, 6) is 1.12. The van der Waals surface area contributed by atoms with E-state index in [0.29, 0.717) is 16.8 Å². The number of aromatic nitrogens is 1. The predicted octanol–water partition coefficient (Wildman–Crippen LogP) is 4.62. The second kappa shape index (κ2) is 7.01. The minimum atomic E-state index is -3.66. The molecule has 0 radical (unpaired) electrons. The molecule has 5 nitrogen and oxygen atoms in total. The van der Waals surface area contributed by atoms with Crippen molar-refractivity contribution in [3.8, 4) is 5.75 Å². The van der Waals surface area contributed by atoms with Crippen LogP contribution in [0.3, 0.4) is 0 Å². The highest BCUT2D eigenvalue weighted by atomic mass is 32.2. The Bertz CT molecular complexity index is 979. The van der Waals surface area contributed by atoms with E-state index in [4.69, 9.17) is 4.74 Å². The van der Waals surface area contributed by atoms with E-state index >= 15 is 0 Å². The predicted molar refractivity (Wildman–Crippen MR) is 102 cm³/mol. The highest BCUT2D eigenvalue weighted by molar-refractivity contribution is 7.93. The number of ether oxygens (including phenoxy) is 1. The van der Waals surface area contributed by atoms with Crippen molar-refractivity contribution < 1.29 is 13.2 Å². The van der Waals surface area contributed by atoms with Crippen LogP contribution in [0.1, 0.15) is 31.7 Å². The van der Waals surface area contributed by atoms with Gasteiger partial charge < -0.3 is 4.74 Å². The van der Waals surface area contributed by atoms with E-state index in [0.717, 1.165) is 22.2 Å². The van der Waals surface area contributed by atoms with Crippen molar-refractivity contribution in [3.05, 3.63) is 48.0 Å². The van der Waals surface area contributed by atoms with Crippen LogP contribution >= 0.6 is 11.3 Å². The standard InChI is InChI=1S/C18H20N2O3S2/c1-4-12(2)13-5-8-15(9-6-13)25(21,22)20-18-19-16-10-7-14(23-3)11-17(16)24-18/h5-12H,4H2,1-3H3,(H,19,20). The monoisotopic (exact) mass is 376 g/mol. The molecule has 25 heavy (non-hydrogen) atoms. The highest BCUT2D eigenvalue weighted by Gasteiger charge is 2.17. The van der Waals surface area contributed by atoms with Crippen LogP contribution in [0.5, 0.6) is 5.75 Å². The number of nitrogens with one attached hydrogen (secondary N) is 1. The zero-order valence-corrected chi connectivity index (χ0v) is 15.9. The van der Waals surface area contributed by atoms with Crippen molar-refractivity contribution >= 4 is 36.7 Å². The summed E-state index contributed by atoms with van der Waals surface area (Å²) >= 11 is 1.28. The Morgan fingerprint density at radius 1 is 1.20 bits per heavy atom. The van der Waals surface area contributed by atoms with Crippen molar-refractivity contribution in [1.29, 1.82) is 0 Å². The lowest BCUT2D eigenvalue weighted by Gasteiger charge is -2.10. The maximum Gasteiger partial charge on any atom is 0.263 e. The fraction of sp³-hybridized carbons (Fsp3) is 0.278. The maximum atomic E-state index is 12.6. The summed E-state index contributed by atoms with van der Waals surface area (Å²) in [5, 5.41) is 0.342. The zero-order chi connectivity index (χ0) is 18.0. The third-order valence-electron chi connectivity index (χ3n) is 4.19. The van der Waals surface area contributed by atoms with Crippen LogP contribution in [-0.2, 0) is 10.0 Å². The number of nitrogens with zero attached hydrogens (tertiary/aromatic N) is 1. The number of fused-ring (bicyclic) bond motifs is 1. The molecular formula is C18H20N2O3S2. The molecule has 0 saturated heterocycles. The summed E-state index contributed by atoms with van der Waals surface area (Å²) < 4.78 is 33.8. The van der Waals surface area contributed by atoms with Gasteiger partial charge in [-0.25, -0.2) is 13.4 Å². The Hall–Kier alpha value is -2.12. The first-order valence-electron chi connectivity index (χ1n) is 8.00. The number of methoxy groups -OCH3 is 1. The van der Waals surface area contributed by atoms with Gasteiger partial charge in [0.2, 0.25) is 0 Å². The molecule has 1 heterocycles. The molecule has 132 valence electrons. The molecule has 3 aromatic rings. The van der Waals surface area contributed by atoms with Gasteiger partial charge in [0.05, 0.1) is 22.2 Å². The van der Waals surface area contributed by atoms with Crippen LogP contribution in [0, 0.1) is 0 Å². The molecule has 0 saturated carbocycles. The van der Waals surface area contributed by atoms with Crippen LogP contribution in [0.25, 0.3) is 10.2 Å². The lowest BCUT2D eigenvalue weighted by molar-refractivity contribution is 0.415. The Kier molecular flexibility index (Phi) is 4.96. The lowest BCUT2D eigenvalue weighted by Crippen LogP contribution is -2.12. The summed E-state index contributed by atoms with van der Waals surface area (Å²) in [5.41, 5.74) is 1.86. The molecule has 2 aromatic carbocycles. The lowest BCUT2D eigenvalue weighted by atomic mass is 9.99. The topological polar surface area (TPSA) is 68.3 Å². The van der Waals surface area contributed by atoms with E-state index < -0.39 is 10.0 Å². The van der Waals surface area contributed by atoms with E-state index in [-0.39, 0.29) is 4.90 Å². The van der Waals surface area contributed by atoms with Crippen LogP contribution in [0.4, 0.5) is 5.13 Å². The molecule has 1 aromatic heterocycles. The number of hydrogen-bond acceptors (Lipinski definition) is 5. The van der Waals surface area contributed by atoms with E-state index in [1.165, 1.54) is 11.3 Å². The van der Waals surface area contributed by atoms with Gasteiger partial charge in [0, 0.05) is 0 Å². The van der Waals surface area contributed by atoms with Gasteiger partial charge in [0.15, 0.2) is 5.13 Å². The number of thiazole rings is 1. The van der Waals surface area contributed by atoms with Gasteiger partial charge in [-0.05, 0) is 48.2 Å². The molecule has 1 atom stereocenters. The van der Waals surface area contributed by atoms with E-state index in [2.05, 4.69) is 23.6 Å². The van der Waals surface area contributed by atoms with Gasteiger partial charge in [0.25, 0.3) is 10.0 Å². The van der Waals surface area contributed by atoms with Crippen molar-refractivity contribution in [1.82, 2.24) is 4.98 Å². The summed E-state index contributed by atoms with van der Waals surface area (Å²) in [6.07, 6.45) is 1.01. The van der Waals surface area contributed by atoms with Gasteiger partial charge in [0.1, 0.15) is 5.75 Å². The summed E-state index contributed by atoms with van der Waals surface area (Å²) in [7, 11) is -2.07. The molecule has 0 fully saturated rings. The third-order valence-corrected chi connectivity index (χ3v) is 6.61. The minimum Gasteiger partial charge on any atom is -0.497 e. The normalized spacial score (nSPS) is 12.9. The highest BCUT2D eigenvalue weighted by Crippen LogP contribution is 2.30. The Morgan fingerprint density at radius 3 is 2.56 bits per heavy atom. The van der Waals surface area contributed by atoms with Crippen LogP contribution < -0.4 is 9.46 Å². The molecular weight excluding hydrogens is 356 g/mol. The first kappa shape index (κ1) is 17.7. The molecule has 0 amide bonds. The molecule has 0 aliphatic heterocycles. The summed E-state index contributed by atoms with van der Waals surface area (Å²) in [6.45, 7) is 4.23. The second-order valence-corrected chi connectivity index (χ2v) is 8.55. The Morgan fingerprint density at radius 2 is 1.92 bits per heavy atom. The van der Waals surface area contributed by atoms with Gasteiger partial charge in [-0.2, -0.15) is 0 Å². The molecule has 1 N–H and O–H groups in total. The Labute approximate surface area is 151 Å². The fourth-order valence-corrected chi connectivity index (χ4v) is 4.59. The number of rotatable bonds is 6.